The zero-order chi connectivity index (χ0) is 12.4. The maximum atomic E-state index is 6.15. The van der Waals surface area contributed by atoms with Crippen molar-refractivity contribution < 1.29 is 0 Å². The van der Waals surface area contributed by atoms with E-state index in [0.717, 1.165) is 18.4 Å². The Morgan fingerprint density at radius 1 is 1.00 bits per heavy atom. The molecular formula is C11H11Cl5. The minimum atomic E-state index is -1.76. The van der Waals surface area contributed by atoms with Crippen LogP contribution in [0.5, 0.6) is 0 Å². The van der Waals surface area contributed by atoms with Gasteiger partial charge in [-0.15, -0.1) is 0 Å². The normalized spacial score (nSPS) is 12.9. The number of halogens is 5. The van der Waals surface area contributed by atoms with Crippen LogP contribution in [0.2, 0.25) is 0 Å². The van der Waals surface area contributed by atoms with Gasteiger partial charge in [-0.1, -0.05) is 95.6 Å². The summed E-state index contributed by atoms with van der Waals surface area (Å²) in [7, 11) is 0. The molecule has 0 unspecified atom stereocenters. The quantitative estimate of drug-likeness (QED) is 0.632. The van der Waals surface area contributed by atoms with Crippen LogP contribution in [0.3, 0.4) is 0 Å². The van der Waals surface area contributed by atoms with Gasteiger partial charge in [-0.05, 0) is 17.5 Å². The van der Waals surface area contributed by atoms with Crippen LogP contribution < -0.4 is 0 Å². The summed E-state index contributed by atoms with van der Waals surface area (Å²) < 4.78 is -3.30. The smallest absolute Gasteiger partial charge is 0.0915 e. The molecule has 0 spiro atoms. The Bertz CT molecular complexity index is 354. The molecule has 0 atom stereocenters. The first kappa shape index (κ1) is 14.7. The molecule has 0 aliphatic carbocycles. The van der Waals surface area contributed by atoms with Crippen molar-refractivity contribution in [2.75, 3.05) is 0 Å². The van der Waals surface area contributed by atoms with E-state index in [1.807, 2.05) is 18.2 Å². The van der Waals surface area contributed by atoms with Crippen LogP contribution in [0.4, 0.5) is 0 Å². The number of hydrogen-bond acceptors (Lipinski definition) is 0. The van der Waals surface area contributed by atoms with Crippen LogP contribution in [-0.2, 0) is 10.8 Å². The number of hydrogen-bond donors (Lipinski definition) is 0. The zero-order valence-corrected chi connectivity index (χ0v) is 12.4. The third-order valence-corrected chi connectivity index (χ3v) is 4.64. The standard InChI is InChI=1S/C11H11Cl5/c1-2-5-8-6-3-4-7-9(8)10(12,13)11(14,15)16/h3-4,6-7H,2,5H2,1H3. The molecule has 0 bridgehead atoms. The molecular weight excluding hydrogens is 309 g/mol. The molecule has 0 radical (unpaired) electrons. The third-order valence-electron chi connectivity index (χ3n) is 2.23. The minimum absolute atomic E-state index is 0.653. The Kier molecular flexibility index (Phi) is 5.10. The number of benzene rings is 1. The van der Waals surface area contributed by atoms with Crippen molar-refractivity contribution in [2.45, 2.75) is 27.9 Å². The molecule has 0 amide bonds. The maximum Gasteiger partial charge on any atom is 0.227 e. The van der Waals surface area contributed by atoms with Crippen molar-refractivity contribution in [3.05, 3.63) is 35.4 Å². The second-order valence-corrected chi connectivity index (χ2v) is 7.09. The van der Waals surface area contributed by atoms with Gasteiger partial charge in [0.1, 0.15) is 0 Å². The third kappa shape index (κ3) is 3.11. The Balaban J connectivity index is 3.21. The molecule has 0 N–H and O–H groups in total. The number of rotatable bonds is 3. The van der Waals surface area contributed by atoms with E-state index in [2.05, 4.69) is 6.92 Å². The summed E-state index contributed by atoms with van der Waals surface area (Å²) >= 11 is 29.7. The average molecular weight is 320 g/mol. The van der Waals surface area contributed by atoms with Crippen LogP contribution in [0.25, 0.3) is 0 Å². The lowest BCUT2D eigenvalue weighted by Crippen LogP contribution is -2.29. The number of alkyl halides is 5. The lowest BCUT2D eigenvalue weighted by atomic mass is 10.0. The van der Waals surface area contributed by atoms with Gasteiger partial charge in [0, 0.05) is 0 Å². The highest BCUT2D eigenvalue weighted by molar-refractivity contribution is 6.75. The molecule has 0 heterocycles. The lowest BCUT2D eigenvalue weighted by molar-refractivity contribution is 0.828. The van der Waals surface area contributed by atoms with Gasteiger partial charge in [-0.3, -0.25) is 0 Å². The fourth-order valence-electron chi connectivity index (χ4n) is 1.47. The fourth-order valence-corrected chi connectivity index (χ4v) is 2.14. The van der Waals surface area contributed by atoms with Gasteiger partial charge in [0.05, 0.1) is 0 Å². The average Bonchev–Trinajstić information content (AvgIpc) is 2.17. The maximum absolute atomic E-state index is 6.15. The topological polar surface area (TPSA) is 0 Å². The Labute approximate surface area is 121 Å². The van der Waals surface area contributed by atoms with E-state index >= 15 is 0 Å². The van der Waals surface area contributed by atoms with Gasteiger partial charge in [0.25, 0.3) is 0 Å². The van der Waals surface area contributed by atoms with Crippen LogP contribution in [-0.4, -0.2) is 3.79 Å². The van der Waals surface area contributed by atoms with E-state index in [1.54, 1.807) is 6.07 Å². The molecule has 0 saturated heterocycles. The predicted octanol–water partition coefficient (Wildman–Crippen LogP) is 5.64. The van der Waals surface area contributed by atoms with Gasteiger partial charge in [0.15, 0.2) is 4.33 Å². The minimum Gasteiger partial charge on any atom is -0.0915 e. The second kappa shape index (κ2) is 5.54. The first-order valence-corrected chi connectivity index (χ1v) is 6.72. The molecule has 0 aliphatic rings. The predicted molar refractivity (Wildman–Crippen MR) is 74.1 cm³/mol. The van der Waals surface area contributed by atoms with Crippen molar-refractivity contribution in [1.82, 2.24) is 0 Å². The zero-order valence-electron chi connectivity index (χ0n) is 8.61. The van der Waals surface area contributed by atoms with Crippen molar-refractivity contribution in [2.24, 2.45) is 0 Å². The highest BCUT2D eigenvalue weighted by Gasteiger charge is 2.48. The molecule has 1 rings (SSSR count). The highest BCUT2D eigenvalue weighted by Crippen LogP contribution is 2.53. The summed E-state index contributed by atoms with van der Waals surface area (Å²) in [4.78, 5) is 0. The second-order valence-electron chi connectivity index (χ2n) is 3.48. The van der Waals surface area contributed by atoms with Crippen LogP contribution in [0.1, 0.15) is 24.5 Å². The van der Waals surface area contributed by atoms with Gasteiger partial charge < -0.3 is 0 Å². The lowest BCUT2D eigenvalue weighted by Gasteiger charge is -2.29. The van der Waals surface area contributed by atoms with Crippen LogP contribution in [0.15, 0.2) is 24.3 Å². The van der Waals surface area contributed by atoms with Crippen molar-refractivity contribution >= 4 is 58.0 Å². The van der Waals surface area contributed by atoms with Crippen LogP contribution >= 0.6 is 58.0 Å². The molecule has 0 saturated carbocycles. The van der Waals surface area contributed by atoms with Crippen LogP contribution in [0, 0.1) is 0 Å². The molecule has 5 heteroatoms. The summed E-state index contributed by atoms with van der Waals surface area (Å²) in [6.07, 6.45) is 1.82. The summed E-state index contributed by atoms with van der Waals surface area (Å²) in [5.41, 5.74) is 1.65. The molecule has 0 nitrogen and oxygen atoms in total. The Hall–Kier alpha value is 0.670. The SMILES string of the molecule is CCCc1ccccc1C(Cl)(Cl)C(Cl)(Cl)Cl. The summed E-state index contributed by atoms with van der Waals surface area (Å²) in [6, 6.07) is 7.46. The van der Waals surface area contributed by atoms with E-state index in [4.69, 9.17) is 58.0 Å². The van der Waals surface area contributed by atoms with Crippen molar-refractivity contribution in [1.29, 1.82) is 0 Å². The van der Waals surface area contributed by atoms with Gasteiger partial charge in [-0.2, -0.15) is 0 Å². The molecule has 0 aromatic heterocycles. The molecule has 0 fully saturated rings. The molecule has 0 aliphatic heterocycles. The van der Waals surface area contributed by atoms with Crippen molar-refractivity contribution in [3.63, 3.8) is 0 Å². The first-order valence-electron chi connectivity index (χ1n) is 4.83. The van der Waals surface area contributed by atoms with E-state index in [1.165, 1.54) is 0 Å². The summed E-state index contributed by atoms with van der Waals surface area (Å²) in [5, 5.41) is 0. The molecule has 16 heavy (non-hydrogen) atoms. The van der Waals surface area contributed by atoms with Gasteiger partial charge >= 0.3 is 0 Å². The summed E-state index contributed by atoms with van der Waals surface area (Å²) in [5.74, 6) is 0. The van der Waals surface area contributed by atoms with Gasteiger partial charge in [-0.25, -0.2) is 0 Å². The van der Waals surface area contributed by atoms with Crippen molar-refractivity contribution in [3.8, 4) is 0 Å². The Morgan fingerprint density at radius 3 is 2.06 bits per heavy atom. The van der Waals surface area contributed by atoms with E-state index in [9.17, 15) is 0 Å². The summed E-state index contributed by atoms with van der Waals surface area (Å²) in [6.45, 7) is 2.07. The van der Waals surface area contributed by atoms with E-state index < -0.39 is 8.13 Å². The van der Waals surface area contributed by atoms with E-state index in [0.29, 0.717) is 5.56 Å². The molecule has 1 aromatic rings. The number of aryl methyl sites for hydroxylation is 1. The highest BCUT2D eigenvalue weighted by atomic mass is 35.6. The van der Waals surface area contributed by atoms with E-state index in [-0.39, 0.29) is 0 Å². The monoisotopic (exact) mass is 318 g/mol. The Morgan fingerprint density at radius 2 is 1.56 bits per heavy atom. The molecule has 1 aromatic carbocycles. The largest absolute Gasteiger partial charge is 0.227 e. The van der Waals surface area contributed by atoms with Gasteiger partial charge in [0.2, 0.25) is 3.79 Å². The first-order chi connectivity index (χ1) is 7.30. The fraction of sp³-hybridized carbons (Fsp3) is 0.455. The molecule has 90 valence electrons.